The van der Waals surface area contributed by atoms with E-state index in [1.165, 1.54) is 18.9 Å². The van der Waals surface area contributed by atoms with Gasteiger partial charge in [0.25, 0.3) is 5.91 Å². The van der Waals surface area contributed by atoms with Crippen molar-refractivity contribution in [1.29, 1.82) is 0 Å². The fourth-order valence-electron chi connectivity index (χ4n) is 2.60. The summed E-state index contributed by atoms with van der Waals surface area (Å²) in [5.74, 6) is -1.02. The first kappa shape index (κ1) is 18.7. The molecule has 2 atom stereocenters. The molecular weight excluding hydrogens is 354 g/mol. The molecule has 1 N–H and O–H groups in total. The molecule has 0 radical (unpaired) electrons. The smallest absolute Gasteiger partial charge is 0.343 e. The van der Waals surface area contributed by atoms with Crippen LogP contribution in [0.25, 0.3) is 0 Å². The SMILES string of the molecule is CNc1snc(C)c1C(=O)OC(C)C(=O)N(C)C1CCS(=O)(=O)C1. The van der Waals surface area contributed by atoms with Gasteiger partial charge in [-0.15, -0.1) is 0 Å². The number of hydrogen-bond donors (Lipinski definition) is 1. The first-order valence-electron chi connectivity index (χ1n) is 7.48. The van der Waals surface area contributed by atoms with Crippen LogP contribution in [0.4, 0.5) is 5.00 Å². The van der Waals surface area contributed by atoms with Crippen molar-refractivity contribution in [3.8, 4) is 0 Å². The van der Waals surface area contributed by atoms with E-state index in [2.05, 4.69) is 9.69 Å². The van der Waals surface area contributed by atoms with Crippen LogP contribution in [0.3, 0.4) is 0 Å². The monoisotopic (exact) mass is 375 g/mol. The molecule has 0 saturated carbocycles. The zero-order chi connectivity index (χ0) is 18.1. The van der Waals surface area contributed by atoms with Gasteiger partial charge in [0.1, 0.15) is 10.6 Å². The van der Waals surface area contributed by atoms with Crippen LogP contribution in [0.2, 0.25) is 0 Å². The summed E-state index contributed by atoms with van der Waals surface area (Å²) in [6, 6.07) is -0.374. The number of hydrogen-bond acceptors (Lipinski definition) is 8. The highest BCUT2D eigenvalue weighted by Crippen LogP contribution is 2.25. The summed E-state index contributed by atoms with van der Waals surface area (Å²) in [7, 11) is 0.120. The molecule has 0 aliphatic carbocycles. The van der Waals surface area contributed by atoms with E-state index in [0.29, 0.717) is 22.7 Å². The molecule has 1 aliphatic heterocycles. The Bertz CT molecular complexity index is 744. The van der Waals surface area contributed by atoms with Crippen LogP contribution >= 0.6 is 11.5 Å². The van der Waals surface area contributed by atoms with Gasteiger partial charge in [0, 0.05) is 20.1 Å². The van der Waals surface area contributed by atoms with Gasteiger partial charge in [0.2, 0.25) is 0 Å². The Morgan fingerprint density at radius 2 is 2.12 bits per heavy atom. The van der Waals surface area contributed by atoms with E-state index in [9.17, 15) is 18.0 Å². The van der Waals surface area contributed by atoms with Crippen molar-refractivity contribution in [1.82, 2.24) is 9.27 Å². The Morgan fingerprint density at radius 3 is 2.67 bits per heavy atom. The van der Waals surface area contributed by atoms with Crippen molar-refractivity contribution in [3.05, 3.63) is 11.3 Å². The minimum absolute atomic E-state index is 0.0482. The van der Waals surface area contributed by atoms with Crippen molar-refractivity contribution in [2.75, 3.05) is 30.9 Å². The molecule has 1 fully saturated rings. The number of carbonyl (C=O) groups excluding carboxylic acids is 2. The number of aromatic nitrogens is 1. The Balaban J connectivity index is 2.03. The molecule has 1 aromatic rings. The van der Waals surface area contributed by atoms with Gasteiger partial charge in [-0.3, -0.25) is 4.79 Å². The zero-order valence-corrected chi connectivity index (χ0v) is 15.7. The van der Waals surface area contributed by atoms with Crippen molar-refractivity contribution >= 4 is 38.2 Å². The molecule has 2 unspecified atom stereocenters. The standard InChI is InChI=1S/C14H21N3O5S2/c1-8-11(12(15-3)23-16-8)14(19)22-9(2)13(18)17(4)10-5-6-24(20,21)7-10/h9-10,15H,5-7H2,1-4H3. The molecule has 1 aromatic heterocycles. The van der Waals surface area contributed by atoms with Crippen molar-refractivity contribution in [2.45, 2.75) is 32.4 Å². The average Bonchev–Trinajstić information content (AvgIpc) is 3.07. The van der Waals surface area contributed by atoms with Gasteiger partial charge in [0.05, 0.1) is 17.2 Å². The second kappa shape index (κ2) is 7.06. The number of carbonyl (C=O) groups is 2. The number of sulfone groups is 1. The molecule has 2 rings (SSSR count). The molecule has 1 amide bonds. The van der Waals surface area contributed by atoms with Crippen LogP contribution in [0.5, 0.6) is 0 Å². The maximum Gasteiger partial charge on any atom is 0.343 e. The highest BCUT2D eigenvalue weighted by atomic mass is 32.2. The third kappa shape index (κ3) is 3.86. The van der Waals surface area contributed by atoms with Gasteiger partial charge in [-0.05, 0) is 31.8 Å². The highest BCUT2D eigenvalue weighted by molar-refractivity contribution is 7.91. The van der Waals surface area contributed by atoms with Crippen LogP contribution in [-0.2, 0) is 19.4 Å². The van der Waals surface area contributed by atoms with Crippen LogP contribution in [0.1, 0.15) is 29.4 Å². The minimum atomic E-state index is -3.09. The molecule has 8 nitrogen and oxygen atoms in total. The molecular formula is C14H21N3O5S2. The molecule has 24 heavy (non-hydrogen) atoms. The summed E-state index contributed by atoms with van der Waals surface area (Å²) in [4.78, 5) is 26.1. The van der Waals surface area contributed by atoms with Gasteiger partial charge >= 0.3 is 5.97 Å². The highest BCUT2D eigenvalue weighted by Gasteiger charge is 2.35. The first-order chi connectivity index (χ1) is 11.2. The third-order valence-electron chi connectivity index (χ3n) is 4.03. The van der Waals surface area contributed by atoms with E-state index in [0.717, 1.165) is 11.5 Å². The second-order valence-electron chi connectivity index (χ2n) is 5.78. The Labute approximate surface area is 145 Å². The van der Waals surface area contributed by atoms with Gasteiger partial charge < -0.3 is 15.0 Å². The molecule has 1 saturated heterocycles. The van der Waals surface area contributed by atoms with Crippen molar-refractivity contribution in [3.63, 3.8) is 0 Å². The number of anilines is 1. The van der Waals surface area contributed by atoms with Gasteiger partial charge in [-0.1, -0.05) is 0 Å². The number of amides is 1. The lowest BCUT2D eigenvalue weighted by molar-refractivity contribution is -0.140. The summed E-state index contributed by atoms with van der Waals surface area (Å²) in [5, 5.41) is 3.45. The van der Waals surface area contributed by atoms with E-state index >= 15 is 0 Å². The fourth-order valence-corrected chi connectivity index (χ4v) is 5.11. The quantitative estimate of drug-likeness (QED) is 0.755. The lowest BCUT2D eigenvalue weighted by Gasteiger charge is -2.26. The van der Waals surface area contributed by atoms with Gasteiger partial charge in [0.15, 0.2) is 15.9 Å². The van der Waals surface area contributed by atoms with Gasteiger partial charge in [-0.25, -0.2) is 13.2 Å². The first-order valence-corrected chi connectivity index (χ1v) is 10.1. The summed E-state index contributed by atoms with van der Waals surface area (Å²) in [5.41, 5.74) is 0.845. The third-order valence-corrected chi connectivity index (χ3v) is 6.74. The van der Waals surface area contributed by atoms with E-state index in [1.54, 1.807) is 14.0 Å². The number of aryl methyl sites for hydroxylation is 1. The van der Waals surface area contributed by atoms with E-state index in [1.807, 2.05) is 0 Å². The van der Waals surface area contributed by atoms with Gasteiger partial charge in [-0.2, -0.15) is 4.37 Å². The number of nitrogens with one attached hydrogen (secondary N) is 1. The van der Waals surface area contributed by atoms with Crippen LogP contribution in [0, 0.1) is 6.92 Å². The molecule has 1 aliphatic rings. The maximum absolute atomic E-state index is 12.4. The Morgan fingerprint density at radius 1 is 1.46 bits per heavy atom. The van der Waals surface area contributed by atoms with Crippen molar-refractivity contribution < 1.29 is 22.7 Å². The number of esters is 1. The number of nitrogens with zero attached hydrogens (tertiary/aromatic N) is 2. The molecule has 0 bridgehead atoms. The van der Waals surface area contributed by atoms with Crippen LogP contribution < -0.4 is 5.32 Å². The van der Waals surface area contributed by atoms with E-state index in [-0.39, 0.29) is 17.5 Å². The number of likely N-dealkylation sites (N-methyl/N-ethyl adjacent to an activating group) is 1. The summed E-state index contributed by atoms with van der Waals surface area (Å²) >= 11 is 1.14. The largest absolute Gasteiger partial charge is 0.449 e. The zero-order valence-electron chi connectivity index (χ0n) is 14.0. The number of rotatable bonds is 5. The predicted molar refractivity (Wildman–Crippen MR) is 91.1 cm³/mol. The number of ether oxygens (including phenoxy) is 1. The average molecular weight is 375 g/mol. The molecule has 0 aromatic carbocycles. The topological polar surface area (TPSA) is 106 Å². The summed E-state index contributed by atoms with van der Waals surface area (Å²) in [6.45, 7) is 3.17. The predicted octanol–water partition coefficient (Wildman–Crippen LogP) is 0.684. The maximum atomic E-state index is 12.4. The van der Waals surface area contributed by atoms with Crippen LogP contribution in [-0.4, -0.2) is 67.3 Å². The summed E-state index contributed by atoms with van der Waals surface area (Å²) in [6.07, 6.45) is -0.599. The molecule has 134 valence electrons. The molecule has 0 spiro atoms. The lowest BCUT2D eigenvalue weighted by Crippen LogP contribution is -2.44. The summed E-state index contributed by atoms with van der Waals surface area (Å²) < 4.78 is 32.4. The Hall–Kier alpha value is -1.68. The normalized spacial score (nSPS) is 20.4. The minimum Gasteiger partial charge on any atom is -0.449 e. The second-order valence-corrected chi connectivity index (χ2v) is 8.78. The van der Waals surface area contributed by atoms with Crippen LogP contribution in [0.15, 0.2) is 0 Å². The van der Waals surface area contributed by atoms with E-state index < -0.39 is 27.8 Å². The van der Waals surface area contributed by atoms with Crippen molar-refractivity contribution in [2.24, 2.45) is 0 Å². The fraction of sp³-hybridized carbons (Fsp3) is 0.643. The molecule has 2 heterocycles. The molecule has 10 heteroatoms. The van der Waals surface area contributed by atoms with E-state index in [4.69, 9.17) is 4.74 Å². The Kier molecular flexibility index (Phi) is 5.49. The lowest BCUT2D eigenvalue weighted by atomic mass is 10.2.